The molecule has 1 N–H and O–H groups in total. The van der Waals surface area contributed by atoms with Gasteiger partial charge in [-0.15, -0.1) is 0 Å². The van der Waals surface area contributed by atoms with Crippen LogP contribution in [0.2, 0.25) is 0 Å². The summed E-state index contributed by atoms with van der Waals surface area (Å²) in [6.07, 6.45) is 0. The quantitative estimate of drug-likeness (QED) is 0.223. The van der Waals surface area contributed by atoms with Gasteiger partial charge in [0.05, 0.1) is 0 Å². The Morgan fingerprint density at radius 3 is 2.40 bits per heavy atom. The summed E-state index contributed by atoms with van der Waals surface area (Å²) in [5, 5.41) is 2.96. The maximum atomic E-state index is 3.88. The molecule has 0 aliphatic rings. The SMILES string of the molecule is SCNCI. The second-order valence-corrected chi connectivity index (χ2v) is 1.62. The molecule has 0 radical (unpaired) electrons. The Morgan fingerprint density at radius 1 is 1.80 bits per heavy atom. The molecule has 0 spiro atoms. The van der Waals surface area contributed by atoms with Crippen LogP contribution in [0.4, 0.5) is 0 Å². The van der Waals surface area contributed by atoms with Gasteiger partial charge in [0.25, 0.3) is 0 Å². The predicted octanol–water partition coefficient (Wildman–Crippen LogP) is 0.856. The molecular formula is C2H6INS. The highest BCUT2D eigenvalue weighted by Gasteiger charge is 1.64. The van der Waals surface area contributed by atoms with Crippen molar-refractivity contribution in [3.63, 3.8) is 0 Å². The summed E-state index contributed by atoms with van der Waals surface area (Å²) in [6.45, 7) is 0. The molecule has 0 unspecified atom stereocenters. The van der Waals surface area contributed by atoms with Gasteiger partial charge in [-0.2, -0.15) is 12.6 Å². The van der Waals surface area contributed by atoms with Gasteiger partial charge in [-0.1, -0.05) is 22.6 Å². The fraction of sp³-hybridized carbons (Fsp3) is 1.00. The van der Waals surface area contributed by atoms with Gasteiger partial charge in [-0.05, 0) is 0 Å². The Morgan fingerprint density at radius 2 is 2.40 bits per heavy atom. The number of nitrogens with one attached hydrogen (secondary N) is 1. The number of halogens is 1. The van der Waals surface area contributed by atoms with Crippen molar-refractivity contribution in [1.29, 1.82) is 0 Å². The second-order valence-electron chi connectivity index (χ2n) is 0.542. The lowest BCUT2D eigenvalue weighted by molar-refractivity contribution is 0.973. The number of hydrogen-bond donors (Lipinski definition) is 2. The first kappa shape index (κ1) is 6.04. The summed E-state index contributed by atoms with van der Waals surface area (Å²) in [4.78, 5) is 0. The highest BCUT2D eigenvalue weighted by Crippen LogP contribution is 1.72. The van der Waals surface area contributed by atoms with E-state index in [2.05, 4.69) is 40.5 Å². The Labute approximate surface area is 51.1 Å². The average molecular weight is 203 g/mol. The highest BCUT2D eigenvalue weighted by molar-refractivity contribution is 14.1. The smallest absolute Gasteiger partial charge is 0.0486 e. The molecule has 3 heteroatoms. The minimum absolute atomic E-state index is 0.781. The van der Waals surface area contributed by atoms with Crippen molar-refractivity contribution in [2.45, 2.75) is 0 Å². The molecule has 0 aromatic heterocycles. The van der Waals surface area contributed by atoms with E-state index in [1.807, 2.05) is 0 Å². The monoisotopic (exact) mass is 203 g/mol. The molecule has 0 atom stereocenters. The zero-order valence-corrected chi connectivity index (χ0v) is 5.79. The summed E-state index contributed by atoms with van der Waals surface area (Å²) < 4.78 is 0.987. The molecule has 0 amide bonds. The van der Waals surface area contributed by atoms with E-state index in [0.29, 0.717) is 0 Å². The maximum absolute atomic E-state index is 3.88. The molecule has 0 saturated heterocycles. The molecule has 0 aromatic rings. The topological polar surface area (TPSA) is 12.0 Å². The zero-order valence-electron chi connectivity index (χ0n) is 2.74. The van der Waals surface area contributed by atoms with E-state index >= 15 is 0 Å². The van der Waals surface area contributed by atoms with Crippen LogP contribution in [0.25, 0.3) is 0 Å². The van der Waals surface area contributed by atoms with Gasteiger partial charge in [0, 0.05) is 10.4 Å². The highest BCUT2D eigenvalue weighted by atomic mass is 127. The van der Waals surface area contributed by atoms with Crippen molar-refractivity contribution in [1.82, 2.24) is 5.32 Å². The van der Waals surface area contributed by atoms with Crippen molar-refractivity contribution in [2.75, 3.05) is 10.4 Å². The first-order chi connectivity index (χ1) is 2.41. The van der Waals surface area contributed by atoms with Gasteiger partial charge >= 0.3 is 0 Å². The fourth-order valence-corrected chi connectivity index (χ4v) is 0.850. The van der Waals surface area contributed by atoms with Crippen molar-refractivity contribution < 1.29 is 0 Å². The number of alkyl halides is 1. The molecule has 0 saturated carbocycles. The number of thiol groups is 1. The van der Waals surface area contributed by atoms with Gasteiger partial charge < -0.3 is 0 Å². The lowest BCUT2D eigenvalue weighted by Gasteiger charge is -1.84. The van der Waals surface area contributed by atoms with E-state index in [1.165, 1.54) is 0 Å². The van der Waals surface area contributed by atoms with Crippen LogP contribution < -0.4 is 5.32 Å². The zero-order chi connectivity index (χ0) is 4.12. The predicted molar refractivity (Wildman–Crippen MR) is 35.9 cm³/mol. The van der Waals surface area contributed by atoms with E-state index in [0.717, 1.165) is 10.4 Å². The van der Waals surface area contributed by atoms with Crippen molar-refractivity contribution >= 4 is 35.2 Å². The number of rotatable bonds is 2. The third-order valence-corrected chi connectivity index (χ3v) is 0.969. The van der Waals surface area contributed by atoms with E-state index < -0.39 is 0 Å². The normalized spacial score (nSPS) is 8.40. The Hall–Kier alpha value is 1.04. The van der Waals surface area contributed by atoms with Crippen LogP contribution in [0.15, 0.2) is 0 Å². The second kappa shape index (κ2) is 5.04. The Bertz CT molecular complexity index is 17.1. The number of hydrogen-bond acceptors (Lipinski definition) is 2. The van der Waals surface area contributed by atoms with Crippen LogP contribution in [-0.2, 0) is 0 Å². The minimum Gasteiger partial charge on any atom is -0.299 e. The minimum atomic E-state index is 0.781. The van der Waals surface area contributed by atoms with Crippen molar-refractivity contribution in [2.24, 2.45) is 0 Å². The maximum Gasteiger partial charge on any atom is 0.0486 e. The standard InChI is InChI=1S/C2H6INS/c3-1-4-2-5/h4-5H,1-2H2. The van der Waals surface area contributed by atoms with Crippen LogP contribution in [0.5, 0.6) is 0 Å². The van der Waals surface area contributed by atoms with Gasteiger partial charge in [0.15, 0.2) is 0 Å². The first-order valence-electron chi connectivity index (χ1n) is 1.29. The lowest BCUT2D eigenvalue weighted by atomic mass is 11.3. The Kier molecular flexibility index (Phi) is 6.09. The molecule has 0 rings (SSSR count). The summed E-state index contributed by atoms with van der Waals surface area (Å²) in [7, 11) is 0. The Balaban J connectivity index is 2.19. The molecule has 0 bridgehead atoms. The molecule has 1 nitrogen and oxygen atoms in total. The summed E-state index contributed by atoms with van der Waals surface area (Å²) in [5.41, 5.74) is 0. The van der Waals surface area contributed by atoms with Crippen LogP contribution in [0.3, 0.4) is 0 Å². The van der Waals surface area contributed by atoms with E-state index in [4.69, 9.17) is 0 Å². The molecule has 0 aliphatic heterocycles. The lowest BCUT2D eigenvalue weighted by Crippen LogP contribution is -2.05. The largest absolute Gasteiger partial charge is 0.299 e. The van der Waals surface area contributed by atoms with Gasteiger partial charge in [0.1, 0.15) is 0 Å². The van der Waals surface area contributed by atoms with Crippen LogP contribution in [-0.4, -0.2) is 10.4 Å². The molecule has 0 aromatic carbocycles. The van der Waals surface area contributed by atoms with E-state index in [9.17, 15) is 0 Å². The summed E-state index contributed by atoms with van der Waals surface area (Å²) >= 11 is 6.11. The van der Waals surface area contributed by atoms with Gasteiger partial charge in [-0.3, -0.25) is 5.32 Å². The van der Waals surface area contributed by atoms with Crippen LogP contribution >= 0.6 is 35.2 Å². The van der Waals surface area contributed by atoms with Crippen LogP contribution in [0.1, 0.15) is 0 Å². The van der Waals surface area contributed by atoms with Gasteiger partial charge in [-0.25, -0.2) is 0 Å². The first-order valence-corrected chi connectivity index (χ1v) is 3.45. The molecule has 5 heavy (non-hydrogen) atoms. The molecule has 32 valence electrons. The molecule has 0 fully saturated rings. The van der Waals surface area contributed by atoms with Crippen LogP contribution in [0, 0.1) is 0 Å². The van der Waals surface area contributed by atoms with Crippen molar-refractivity contribution in [3.8, 4) is 0 Å². The molecule has 0 aliphatic carbocycles. The van der Waals surface area contributed by atoms with Crippen molar-refractivity contribution in [3.05, 3.63) is 0 Å². The average Bonchev–Trinajstić information content (AvgIpc) is 1.41. The third-order valence-electron chi connectivity index (χ3n) is 0.206. The third kappa shape index (κ3) is 5.04. The summed E-state index contributed by atoms with van der Waals surface area (Å²) in [6, 6.07) is 0. The molecular weight excluding hydrogens is 197 g/mol. The fourth-order valence-electron chi connectivity index (χ4n) is 0.0423. The van der Waals surface area contributed by atoms with Gasteiger partial charge in [0.2, 0.25) is 0 Å². The van der Waals surface area contributed by atoms with E-state index in [-0.39, 0.29) is 0 Å². The molecule has 0 heterocycles. The summed E-state index contributed by atoms with van der Waals surface area (Å²) in [5.74, 6) is 0.781. The van der Waals surface area contributed by atoms with E-state index in [1.54, 1.807) is 0 Å².